The molecule has 0 aliphatic heterocycles. The number of hydrogen-bond acceptors (Lipinski definition) is 3. The predicted molar refractivity (Wildman–Crippen MR) is 70.8 cm³/mol. The van der Waals surface area contributed by atoms with Crippen LogP contribution in [0.1, 0.15) is 33.5 Å². The molecule has 0 aromatic carbocycles. The van der Waals surface area contributed by atoms with E-state index in [1.54, 1.807) is 6.33 Å². The van der Waals surface area contributed by atoms with E-state index in [1.807, 2.05) is 7.05 Å². The molecule has 0 aliphatic rings. The Morgan fingerprint density at radius 2 is 2.00 bits per heavy atom. The van der Waals surface area contributed by atoms with Crippen LogP contribution in [0.5, 0.6) is 0 Å². The summed E-state index contributed by atoms with van der Waals surface area (Å²) in [5, 5.41) is 7.58. The fourth-order valence-electron chi connectivity index (χ4n) is 1.98. The second-order valence-electron chi connectivity index (χ2n) is 5.52. The van der Waals surface area contributed by atoms with Gasteiger partial charge in [-0.05, 0) is 31.3 Å². The van der Waals surface area contributed by atoms with Crippen LogP contribution in [0.3, 0.4) is 0 Å². The van der Waals surface area contributed by atoms with Crippen LogP contribution in [0.15, 0.2) is 6.33 Å². The Balaban J connectivity index is 2.68. The second kappa shape index (κ2) is 6.74. The van der Waals surface area contributed by atoms with Gasteiger partial charge >= 0.3 is 0 Å². The van der Waals surface area contributed by atoms with Crippen LogP contribution >= 0.6 is 0 Å². The average Bonchev–Trinajstić information content (AvgIpc) is 2.64. The fraction of sp³-hybridized carbons (Fsp3) is 0.846. The molecule has 4 heteroatoms. The predicted octanol–water partition coefficient (Wildman–Crippen LogP) is 1.97. The molecule has 1 aromatic heterocycles. The van der Waals surface area contributed by atoms with E-state index in [0.717, 1.165) is 25.3 Å². The molecular weight excluding hydrogens is 212 g/mol. The Morgan fingerprint density at radius 3 is 2.53 bits per heavy atom. The van der Waals surface area contributed by atoms with Gasteiger partial charge in [-0.15, -0.1) is 0 Å². The fourth-order valence-corrected chi connectivity index (χ4v) is 1.98. The van der Waals surface area contributed by atoms with Crippen molar-refractivity contribution in [3.63, 3.8) is 0 Å². The highest BCUT2D eigenvalue weighted by Crippen LogP contribution is 2.15. The lowest BCUT2D eigenvalue weighted by Crippen LogP contribution is -2.26. The molecule has 1 heterocycles. The van der Waals surface area contributed by atoms with Crippen molar-refractivity contribution in [1.29, 1.82) is 0 Å². The summed E-state index contributed by atoms with van der Waals surface area (Å²) in [5.74, 6) is 3.01. The van der Waals surface area contributed by atoms with Crippen LogP contribution in [-0.2, 0) is 13.0 Å². The largest absolute Gasteiger partial charge is 0.319 e. The second-order valence-corrected chi connectivity index (χ2v) is 5.52. The molecule has 17 heavy (non-hydrogen) atoms. The number of nitrogens with one attached hydrogen (secondary N) is 1. The first-order valence-corrected chi connectivity index (χ1v) is 6.55. The normalized spacial score (nSPS) is 13.6. The van der Waals surface area contributed by atoms with Gasteiger partial charge in [0.05, 0.1) is 0 Å². The van der Waals surface area contributed by atoms with Crippen molar-refractivity contribution >= 4 is 0 Å². The van der Waals surface area contributed by atoms with Gasteiger partial charge in [-0.25, -0.2) is 9.67 Å². The third-order valence-corrected chi connectivity index (χ3v) is 3.09. The van der Waals surface area contributed by atoms with Crippen molar-refractivity contribution in [1.82, 2.24) is 20.1 Å². The summed E-state index contributed by atoms with van der Waals surface area (Å²) < 4.78 is 2.05. The van der Waals surface area contributed by atoms with E-state index in [-0.39, 0.29) is 0 Å². The third-order valence-electron chi connectivity index (χ3n) is 3.09. The Morgan fingerprint density at radius 1 is 1.29 bits per heavy atom. The molecule has 0 amide bonds. The van der Waals surface area contributed by atoms with Crippen molar-refractivity contribution < 1.29 is 0 Å². The van der Waals surface area contributed by atoms with Crippen molar-refractivity contribution in [2.24, 2.45) is 17.8 Å². The zero-order valence-corrected chi connectivity index (χ0v) is 11.8. The molecule has 98 valence electrons. The molecule has 4 nitrogen and oxygen atoms in total. The van der Waals surface area contributed by atoms with Crippen molar-refractivity contribution in [2.45, 2.75) is 40.7 Å². The van der Waals surface area contributed by atoms with Gasteiger partial charge in [0.1, 0.15) is 12.2 Å². The van der Waals surface area contributed by atoms with E-state index in [1.165, 1.54) is 0 Å². The van der Waals surface area contributed by atoms with Gasteiger partial charge in [0.25, 0.3) is 0 Å². The minimum Gasteiger partial charge on any atom is -0.319 e. The SMILES string of the molecule is CNCC(Cc1ncnn1CC(C)C)C(C)C. The third kappa shape index (κ3) is 4.46. The summed E-state index contributed by atoms with van der Waals surface area (Å²) >= 11 is 0. The average molecular weight is 238 g/mol. The highest BCUT2D eigenvalue weighted by molar-refractivity contribution is 4.89. The number of nitrogens with zero attached hydrogens (tertiary/aromatic N) is 3. The van der Waals surface area contributed by atoms with Gasteiger partial charge in [-0.3, -0.25) is 0 Å². The van der Waals surface area contributed by atoms with Crippen molar-refractivity contribution in [3.05, 3.63) is 12.2 Å². The molecule has 1 N–H and O–H groups in total. The first-order chi connectivity index (χ1) is 8.04. The smallest absolute Gasteiger partial charge is 0.138 e. The van der Waals surface area contributed by atoms with E-state index < -0.39 is 0 Å². The van der Waals surface area contributed by atoms with Crippen molar-refractivity contribution in [3.8, 4) is 0 Å². The molecule has 1 unspecified atom stereocenters. The standard InChI is InChI=1S/C13H26N4/c1-10(2)8-17-13(15-9-16-17)6-12(7-14-5)11(3)4/h9-12,14H,6-8H2,1-5H3. The number of aromatic nitrogens is 3. The zero-order chi connectivity index (χ0) is 12.8. The summed E-state index contributed by atoms with van der Waals surface area (Å²) in [7, 11) is 2.01. The van der Waals surface area contributed by atoms with Gasteiger partial charge < -0.3 is 5.32 Å². The molecule has 0 spiro atoms. The highest BCUT2D eigenvalue weighted by Gasteiger charge is 2.17. The van der Waals surface area contributed by atoms with Crippen LogP contribution in [0.2, 0.25) is 0 Å². The summed E-state index contributed by atoms with van der Waals surface area (Å²) in [4.78, 5) is 4.40. The lowest BCUT2D eigenvalue weighted by atomic mass is 9.92. The molecule has 0 saturated heterocycles. The lowest BCUT2D eigenvalue weighted by molar-refractivity contribution is 0.351. The lowest BCUT2D eigenvalue weighted by Gasteiger charge is -2.20. The van der Waals surface area contributed by atoms with Crippen LogP contribution in [0.4, 0.5) is 0 Å². The van der Waals surface area contributed by atoms with E-state index in [0.29, 0.717) is 17.8 Å². The Bertz CT molecular complexity index is 317. The molecule has 0 fully saturated rings. The zero-order valence-electron chi connectivity index (χ0n) is 11.8. The monoisotopic (exact) mass is 238 g/mol. The maximum Gasteiger partial charge on any atom is 0.138 e. The molecule has 0 bridgehead atoms. The topological polar surface area (TPSA) is 42.7 Å². The minimum atomic E-state index is 0.609. The van der Waals surface area contributed by atoms with E-state index in [9.17, 15) is 0 Å². The maximum absolute atomic E-state index is 4.40. The Kier molecular flexibility index (Phi) is 5.62. The van der Waals surface area contributed by atoms with Gasteiger partial charge in [0, 0.05) is 13.0 Å². The van der Waals surface area contributed by atoms with Gasteiger partial charge in [0.2, 0.25) is 0 Å². The Labute approximate surface area is 105 Å². The number of hydrogen-bond donors (Lipinski definition) is 1. The molecule has 1 atom stereocenters. The first kappa shape index (κ1) is 14.2. The van der Waals surface area contributed by atoms with E-state index in [4.69, 9.17) is 0 Å². The molecule has 1 aromatic rings. The molecule has 0 aliphatic carbocycles. The molecule has 1 rings (SSSR count). The van der Waals surface area contributed by atoms with Gasteiger partial charge in [-0.2, -0.15) is 5.10 Å². The Hall–Kier alpha value is -0.900. The van der Waals surface area contributed by atoms with Gasteiger partial charge in [0.15, 0.2) is 0 Å². The van der Waals surface area contributed by atoms with Crippen LogP contribution in [0.25, 0.3) is 0 Å². The van der Waals surface area contributed by atoms with Crippen LogP contribution < -0.4 is 5.32 Å². The highest BCUT2D eigenvalue weighted by atomic mass is 15.3. The minimum absolute atomic E-state index is 0.609. The van der Waals surface area contributed by atoms with Crippen LogP contribution in [-0.4, -0.2) is 28.4 Å². The molecule has 0 radical (unpaired) electrons. The summed E-state index contributed by atoms with van der Waals surface area (Å²) in [6, 6.07) is 0. The van der Waals surface area contributed by atoms with Crippen LogP contribution in [0, 0.1) is 17.8 Å². The summed E-state index contributed by atoms with van der Waals surface area (Å²) in [5.41, 5.74) is 0. The van der Waals surface area contributed by atoms with E-state index in [2.05, 4.69) is 47.8 Å². The van der Waals surface area contributed by atoms with Crippen molar-refractivity contribution in [2.75, 3.05) is 13.6 Å². The number of rotatable bonds is 7. The summed E-state index contributed by atoms with van der Waals surface area (Å²) in [6.07, 6.45) is 2.68. The molecular formula is C13H26N4. The van der Waals surface area contributed by atoms with E-state index >= 15 is 0 Å². The first-order valence-electron chi connectivity index (χ1n) is 6.55. The molecule has 0 saturated carbocycles. The summed E-state index contributed by atoms with van der Waals surface area (Å²) in [6.45, 7) is 10.9. The quantitative estimate of drug-likeness (QED) is 0.789. The maximum atomic E-state index is 4.40. The van der Waals surface area contributed by atoms with Gasteiger partial charge in [-0.1, -0.05) is 27.7 Å².